The number of hydrogen-bond acceptors (Lipinski definition) is 12. The summed E-state index contributed by atoms with van der Waals surface area (Å²) in [5.41, 5.74) is 0.0652. The smallest absolute Gasteiger partial charge is 0.348 e. The van der Waals surface area contributed by atoms with Crippen LogP contribution in [0.3, 0.4) is 0 Å². The molecule has 5 atom stereocenters. The van der Waals surface area contributed by atoms with E-state index in [9.17, 15) is 34.2 Å². The van der Waals surface area contributed by atoms with Crippen LogP contribution in [-0.2, 0) is 59.9 Å². The molecule has 0 radical (unpaired) electrons. The molecule has 14 heteroatoms. The molecule has 0 amide bonds. The molecule has 0 unspecified atom stereocenters. The van der Waals surface area contributed by atoms with E-state index in [-0.39, 0.29) is 12.0 Å². The van der Waals surface area contributed by atoms with Gasteiger partial charge in [0.1, 0.15) is 18.5 Å². The van der Waals surface area contributed by atoms with E-state index < -0.39 is 72.3 Å². The third-order valence-corrected chi connectivity index (χ3v) is 8.31. The minimum atomic E-state index is -2.52. The molecule has 1 aliphatic carbocycles. The fraction of sp³-hybridized carbons (Fsp3) is 0.485. The van der Waals surface area contributed by atoms with Crippen molar-refractivity contribution in [3.05, 3.63) is 64.2 Å². The van der Waals surface area contributed by atoms with Crippen LogP contribution in [0.1, 0.15) is 70.1 Å². The van der Waals surface area contributed by atoms with Crippen molar-refractivity contribution in [1.82, 2.24) is 0 Å². The Morgan fingerprint density at radius 3 is 2.00 bits per heavy atom. The number of carboxylic acid groups (broad SMARTS) is 1. The molecule has 0 aromatic heterocycles. The molecule has 2 aromatic rings. The van der Waals surface area contributed by atoms with Crippen molar-refractivity contribution < 1.29 is 62.6 Å². The minimum Gasteiger partial charge on any atom is -0.478 e. The normalized spacial score (nSPS) is 24.9. The fourth-order valence-corrected chi connectivity index (χ4v) is 6.06. The van der Waals surface area contributed by atoms with E-state index in [0.29, 0.717) is 29.2 Å². The lowest BCUT2D eigenvalue weighted by molar-refractivity contribution is -0.360. The topological polar surface area (TPSA) is 181 Å². The van der Waals surface area contributed by atoms with Gasteiger partial charge in [0.2, 0.25) is 17.5 Å². The van der Waals surface area contributed by atoms with Gasteiger partial charge >= 0.3 is 29.8 Å². The van der Waals surface area contributed by atoms with Gasteiger partial charge < -0.3 is 38.6 Å². The maximum Gasteiger partial charge on any atom is 0.348 e. The molecule has 2 aliphatic rings. The first-order chi connectivity index (χ1) is 22.1. The number of carboxylic acids is 1. The summed E-state index contributed by atoms with van der Waals surface area (Å²) in [5, 5.41) is 22.2. The minimum absolute atomic E-state index is 0.0407. The van der Waals surface area contributed by atoms with Gasteiger partial charge in [-0.2, -0.15) is 0 Å². The van der Waals surface area contributed by atoms with Crippen molar-refractivity contribution in [2.24, 2.45) is 0 Å². The van der Waals surface area contributed by atoms with E-state index in [1.54, 1.807) is 24.3 Å². The molecule has 1 saturated heterocycles. The first kappa shape index (κ1) is 35.7. The van der Waals surface area contributed by atoms with Crippen LogP contribution in [0.5, 0.6) is 5.75 Å². The van der Waals surface area contributed by atoms with Crippen molar-refractivity contribution in [3.8, 4) is 5.75 Å². The molecule has 47 heavy (non-hydrogen) atoms. The van der Waals surface area contributed by atoms with Gasteiger partial charge in [-0.05, 0) is 67.5 Å². The third-order valence-electron chi connectivity index (χ3n) is 7.94. The molecule has 2 aromatic carbocycles. The Morgan fingerprint density at radius 2 is 1.45 bits per heavy atom. The van der Waals surface area contributed by atoms with Gasteiger partial charge in [0.05, 0.1) is 0 Å². The fourth-order valence-electron chi connectivity index (χ4n) is 5.87. The first-order valence-electron chi connectivity index (χ1n) is 15.0. The molecule has 1 aliphatic heterocycles. The maximum atomic E-state index is 12.3. The van der Waals surface area contributed by atoms with Crippen molar-refractivity contribution in [2.45, 2.75) is 95.6 Å². The Hall–Kier alpha value is -4.20. The largest absolute Gasteiger partial charge is 0.478 e. The molecule has 13 nitrogen and oxygen atoms in total. The summed E-state index contributed by atoms with van der Waals surface area (Å²) in [6.07, 6.45) is -3.52. The highest BCUT2D eigenvalue weighted by molar-refractivity contribution is 6.31. The second-order valence-corrected chi connectivity index (χ2v) is 12.0. The Bertz CT molecular complexity index is 1500. The summed E-state index contributed by atoms with van der Waals surface area (Å²) in [6.45, 7) is 3.88. The number of carbonyl (C=O) groups is 5. The molecule has 2 fully saturated rings. The first-order valence-corrected chi connectivity index (χ1v) is 15.4. The second-order valence-electron chi connectivity index (χ2n) is 11.6. The predicted octanol–water partition coefficient (Wildman–Crippen LogP) is 3.61. The average molecular weight is 677 g/mol. The number of hydrogen-bond donors (Lipinski definition) is 2. The van der Waals surface area contributed by atoms with Crippen LogP contribution in [0.4, 0.5) is 0 Å². The summed E-state index contributed by atoms with van der Waals surface area (Å²) in [5.74, 6) is -6.32. The highest BCUT2D eigenvalue weighted by Crippen LogP contribution is 2.42. The molecule has 1 heterocycles. The van der Waals surface area contributed by atoms with Crippen LogP contribution in [-0.4, -0.2) is 76.7 Å². The van der Waals surface area contributed by atoms with E-state index in [1.807, 2.05) is 0 Å². The summed E-state index contributed by atoms with van der Waals surface area (Å²) in [6, 6.07) is 11.3. The van der Waals surface area contributed by atoms with Gasteiger partial charge in [0, 0.05) is 38.3 Å². The lowest BCUT2D eigenvalue weighted by atomic mass is 9.86. The van der Waals surface area contributed by atoms with Gasteiger partial charge in [-0.15, -0.1) is 0 Å². The molecular formula is C33H37ClO13. The van der Waals surface area contributed by atoms with Crippen LogP contribution < -0.4 is 4.74 Å². The number of carbonyl (C=O) groups excluding carboxylic acids is 4. The van der Waals surface area contributed by atoms with Gasteiger partial charge in [0.15, 0.2) is 12.2 Å². The zero-order valence-corrected chi connectivity index (χ0v) is 27.1. The van der Waals surface area contributed by atoms with E-state index in [0.717, 1.165) is 46.1 Å². The Balaban J connectivity index is 1.69. The third kappa shape index (κ3) is 8.40. The standard InChI is InChI=1S/C33H37ClO13/c1-18(35)42-17-27-28(43-19(2)36)29(44-20(3)37)30(45-21(4)38)33(41,47-27)24-9-12-26(34)23(16-24)15-22-7-10-25(11-8-22)46-32(31(39)40)13-5-6-14-32/h7-12,16,27-30,41H,5-6,13-15,17H2,1-4H3,(H,39,40)/t27-,28-,29+,30-,33-/m1/s1. The molecule has 4 rings (SSSR count). The summed E-state index contributed by atoms with van der Waals surface area (Å²) in [7, 11) is 0. The van der Waals surface area contributed by atoms with Gasteiger partial charge in [0.25, 0.3) is 0 Å². The highest BCUT2D eigenvalue weighted by Gasteiger charge is 2.60. The number of halogens is 1. The number of rotatable bonds is 11. The van der Waals surface area contributed by atoms with Gasteiger partial charge in [-0.1, -0.05) is 29.8 Å². The SMILES string of the molecule is CC(=O)OC[C@H]1O[C@](O)(c2ccc(Cl)c(Cc3ccc(OC4(C(=O)O)CCCC4)cc3)c2)[C@H](OC(C)=O)[C@@H](OC(C)=O)[C@@H]1OC(C)=O. The molecule has 0 spiro atoms. The molecule has 0 bridgehead atoms. The summed E-state index contributed by atoms with van der Waals surface area (Å²) in [4.78, 5) is 60.1. The van der Waals surface area contributed by atoms with Crippen LogP contribution in [0, 0.1) is 0 Å². The zero-order chi connectivity index (χ0) is 34.5. The van der Waals surface area contributed by atoms with Crippen molar-refractivity contribution in [2.75, 3.05) is 6.61 Å². The molecule has 1 saturated carbocycles. The number of benzene rings is 2. The van der Waals surface area contributed by atoms with E-state index >= 15 is 0 Å². The Morgan fingerprint density at radius 1 is 0.851 bits per heavy atom. The quantitative estimate of drug-likeness (QED) is 0.260. The Kier molecular flexibility index (Phi) is 11.2. The molecule has 254 valence electrons. The number of aliphatic carboxylic acids is 1. The summed E-state index contributed by atoms with van der Waals surface area (Å²) < 4.78 is 33.3. The number of ether oxygens (including phenoxy) is 6. The van der Waals surface area contributed by atoms with Gasteiger partial charge in [-0.25, -0.2) is 4.79 Å². The lowest BCUT2D eigenvalue weighted by Crippen LogP contribution is -2.66. The predicted molar refractivity (Wildman–Crippen MR) is 162 cm³/mol. The van der Waals surface area contributed by atoms with Crippen LogP contribution >= 0.6 is 11.6 Å². The van der Waals surface area contributed by atoms with Crippen LogP contribution in [0.15, 0.2) is 42.5 Å². The summed E-state index contributed by atoms with van der Waals surface area (Å²) >= 11 is 6.56. The monoisotopic (exact) mass is 676 g/mol. The van der Waals surface area contributed by atoms with Crippen molar-refractivity contribution >= 4 is 41.4 Å². The number of esters is 4. The van der Waals surface area contributed by atoms with Crippen molar-refractivity contribution in [3.63, 3.8) is 0 Å². The van der Waals surface area contributed by atoms with Crippen molar-refractivity contribution in [1.29, 1.82) is 0 Å². The van der Waals surface area contributed by atoms with Gasteiger partial charge in [-0.3, -0.25) is 19.2 Å². The second kappa shape index (κ2) is 14.7. The number of aliphatic hydroxyl groups is 1. The highest BCUT2D eigenvalue weighted by atomic mass is 35.5. The molecular weight excluding hydrogens is 640 g/mol. The van der Waals surface area contributed by atoms with E-state index in [2.05, 4.69) is 0 Å². The average Bonchev–Trinajstić information content (AvgIpc) is 3.47. The molecule has 2 N–H and O–H groups in total. The van der Waals surface area contributed by atoms with Crippen LogP contribution in [0.2, 0.25) is 5.02 Å². The lowest BCUT2D eigenvalue weighted by Gasteiger charge is -2.48. The van der Waals surface area contributed by atoms with Crippen LogP contribution in [0.25, 0.3) is 0 Å². The maximum absolute atomic E-state index is 12.3. The van der Waals surface area contributed by atoms with E-state index in [4.69, 9.17) is 40.0 Å². The van der Waals surface area contributed by atoms with E-state index in [1.165, 1.54) is 18.2 Å². The zero-order valence-electron chi connectivity index (χ0n) is 26.4. The Labute approximate surface area is 276 Å².